The van der Waals surface area contributed by atoms with Gasteiger partial charge in [-0.25, -0.2) is 19.3 Å². The van der Waals surface area contributed by atoms with Crippen LogP contribution in [-0.4, -0.2) is 39.6 Å². The third-order valence-electron chi connectivity index (χ3n) is 4.70. The minimum atomic E-state index is -0.715. The summed E-state index contributed by atoms with van der Waals surface area (Å²) in [7, 11) is 3.05. The van der Waals surface area contributed by atoms with Crippen LogP contribution in [0, 0.1) is 0 Å². The molecule has 0 spiro atoms. The quantitative estimate of drug-likeness (QED) is 0.532. The highest BCUT2D eigenvalue weighted by Gasteiger charge is 2.20. The standard InChI is InChI=1S/C20H25N5O4/c1-4-5-6-7-8-15-22-16(18(21)26)17-19(23-15)25(20(27)24-17)12-9-10-13(28-2)14(11-12)29-3/h9-11H,4-8H2,1-3H3,(H2,21,26)(H,24,27). The molecule has 3 aromatic rings. The first-order chi connectivity index (χ1) is 14.0. The highest BCUT2D eigenvalue weighted by molar-refractivity contribution is 6.01. The Kier molecular flexibility index (Phi) is 6.16. The number of nitrogens with zero attached hydrogens (tertiary/aromatic N) is 3. The second-order valence-corrected chi connectivity index (χ2v) is 6.67. The minimum absolute atomic E-state index is 0.0109. The number of aromatic amines is 1. The number of aromatic nitrogens is 4. The number of nitrogens with one attached hydrogen (secondary N) is 1. The van der Waals surface area contributed by atoms with Gasteiger partial charge in [0.05, 0.1) is 19.9 Å². The summed E-state index contributed by atoms with van der Waals surface area (Å²) in [5, 5.41) is 0. The number of unbranched alkanes of at least 4 members (excludes halogenated alkanes) is 3. The maximum Gasteiger partial charge on any atom is 0.332 e. The van der Waals surface area contributed by atoms with Crippen LogP contribution in [0.4, 0.5) is 0 Å². The predicted molar refractivity (Wildman–Crippen MR) is 109 cm³/mol. The molecular weight excluding hydrogens is 374 g/mol. The van der Waals surface area contributed by atoms with Crippen molar-refractivity contribution >= 4 is 17.1 Å². The number of ether oxygens (including phenoxy) is 2. The summed E-state index contributed by atoms with van der Waals surface area (Å²) in [6.07, 6.45) is 4.76. The maximum absolute atomic E-state index is 12.7. The van der Waals surface area contributed by atoms with Gasteiger partial charge in [0.15, 0.2) is 22.8 Å². The summed E-state index contributed by atoms with van der Waals surface area (Å²) >= 11 is 0. The molecule has 0 radical (unpaired) electrons. The van der Waals surface area contributed by atoms with Crippen molar-refractivity contribution in [2.24, 2.45) is 5.73 Å². The van der Waals surface area contributed by atoms with Gasteiger partial charge in [-0.3, -0.25) is 4.79 Å². The van der Waals surface area contributed by atoms with E-state index in [9.17, 15) is 9.59 Å². The summed E-state index contributed by atoms with van der Waals surface area (Å²) in [6.45, 7) is 2.13. The van der Waals surface area contributed by atoms with Crippen molar-refractivity contribution in [1.82, 2.24) is 19.5 Å². The monoisotopic (exact) mass is 399 g/mol. The van der Waals surface area contributed by atoms with E-state index < -0.39 is 11.6 Å². The summed E-state index contributed by atoms with van der Waals surface area (Å²) in [6, 6.07) is 5.07. The highest BCUT2D eigenvalue weighted by Crippen LogP contribution is 2.29. The number of hydrogen-bond acceptors (Lipinski definition) is 6. The number of carbonyl (C=O) groups is 1. The maximum atomic E-state index is 12.7. The van der Waals surface area contributed by atoms with Gasteiger partial charge in [-0.05, 0) is 18.6 Å². The van der Waals surface area contributed by atoms with Crippen molar-refractivity contribution in [3.63, 3.8) is 0 Å². The normalized spacial score (nSPS) is 11.0. The van der Waals surface area contributed by atoms with Crippen LogP contribution in [0.15, 0.2) is 23.0 Å². The second kappa shape index (κ2) is 8.76. The number of rotatable bonds is 9. The average molecular weight is 399 g/mol. The lowest BCUT2D eigenvalue weighted by atomic mass is 10.1. The van der Waals surface area contributed by atoms with E-state index in [1.807, 2.05) is 0 Å². The van der Waals surface area contributed by atoms with Gasteiger partial charge < -0.3 is 20.2 Å². The number of methoxy groups -OCH3 is 2. The van der Waals surface area contributed by atoms with Crippen molar-refractivity contribution in [3.05, 3.63) is 40.2 Å². The first kappa shape index (κ1) is 20.4. The van der Waals surface area contributed by atoms with Crippen molar-refractivity contribution in [3.8, 4) is 17.2 Å². The lowest BCUT2D eigenvalue weighted by molar-refractivity contribution is 0.0996. The Morgan fingerprint density at radius 1 is 1.14 bits per heavy atom. The van der Waals surface area contributed by atoms with Gasteiger partial charge in [-0.15, -0.1) is 0 Å². The summed E-state index contributed by atoms with van der Waals surface area (Å²) < 4.78 is 12.0. The average Bonchev–Trinajstić information content (AvgIpc) is 3.05. The van der Waals surface area contributed by atoms with Crippen LogP contribution in [0.2, 0.25) is 0 Å². The zero-order chi connectivity index (χ0) is 21.0. The molecule has 0 unspecified atom stereocenters. The van der Waals surface area contributed by atoms with Gasteiger partial charge >= 0.3 is 5.69 Å². The van der Waals surface area contributed by atoms with Gasteiger partial charge in [-0.2, -0.15) is 0 Å². The number of amides is 1. The number of primary amides is 1. The molecule has 29 heavy (non-hydrogen) atoms. The molecular formula is C20H25N5O4. The van der Waals surface area contributed by atoms with Crippen LogP contribution in [0.1, 0.15) is 48.9 Å². The van der Waals surface area contributed by atoms with E-state index in [0.717, 1.165) is 25.7 Å². The molecule has 0 saturated carbocycles. The van der Waals surface area contributed by atoms with Crippen LogP contribution in [0.3, 0.4) is 0 Å². The largest absolute Gasteiger partial charge is 0.493 e. The van der Waals surface area contributed by atoms with Crippen molar-refractivity contribution < 1.29 is 14.3 Å². The van der Waals surface area contributed by atoms with Crippen LogP contribution < -0.4 is 20.9 Å². The van der Waals surface area contributed by atoms with Crippen LogP contribution >= 0.6 is 0 Å². The zero-order valence-electron chi connectivity index (χ0n) is 16.8. The molecule has 3 N–H and O–H groups in total. The zero-order valence-corrected chi connectivity index (χ0v) is 16.8. The summed E-state index contributed by atoms with van der Waals surface area (Å²) in [5.74, 6) is 0.770. The van der Waals surface area contributed by atoms with E-state index in [4.69, 9.17) is 15.2 Å². The Balaban J connectivity index is 2.15. The second-order valence-electron chi connectivity index (χ2n) is 6.67. The molecule has 9 heteroatoms. The van der Waals surface area contributed by atoms with Crippen LogP contribution in [-0.2, 0) is 6.42 Å². The minimum Gasteiger partial charge on any atom is -0.493 e. The van der Waals surface area contributed by atoms with E-state index in [-0.39, 0.29) is 11.2 Å². The fourth-order valence-corrected chi connectivity index (χ4v) is 3.23. The SMILES string of the molecule is CCCCCCc1nc(C(N)=O)c2[nH]c(=O)n(-c3ccc(OC)c(OC)c3)c2n1. The summed E-state index contributed by atoms with van der Waals surface area (Å²) in [4.78, 5) is 36.1. The Hall–Kier alpha value is -3.36. The fourth-order valence-electron chi connectivity index (χ4n) is 3.23. The van der Waals surface area contributed by atoms with Crippen molar-refractivity contribution in [1.29, 1.82) is 0 Å². The van der Waals surface area contributed by atoms with Gasteiger partial charge in [0.1, 0.15) is 11.3 Å². The van der Waals surface area contributed by atoms with Crippen LogP contribution in [0.25, 0.3) is 16.9 Å². The van der Waals surface area contributed by atoms with E-state index >= 15 is 0 Å². The molecule has 1 amide bonds. The lowest BCUT2D eigenvalue weighted by Gasteiger charge is -2.10. The molecule has 0 aliphatic carbocycles. The van der Waals surface area contributed by atoms with E-state index in [0.29, 0.717) is 35.1 Å². The molecule has 9 nitrogen and oxygen atoms in total. The number of hydrogen-bond donors (Lipinski definition) is 2. The van der Waals surface area contributed by atoms with Gasteiger partial charge in [0.25, 0.3) is 5.91 Å². The topological polar surface area (TPSA) is 125 Å². The third kappa shape index (κ3) is 4.08. The number of imidazole rings is 1. The number of benzene rings is 1. The number of carbonyl (C=O) groups excluding carboxylic acids is 1. The van der Waals surface area contributed by atoms with Crippen molar-refractivity contribution in [2.45, 2.75) is 39.0 Å². The molecule has 2 heterocycles. The third-order valence-corrected chi connectivity index (χ3v) is 4.70. The van der Waals surface area contributed by atoms with Crippen molar-refractivity contribution in [2.75, 3.05) is 14.2 Å². The molecule has 2 aromatic heterocycles. The predicted octanol–water partition coefficient (Wildman–Crippen LogP) is 2.35. The van der Waals surface area contributed by atoms with E-state index in [2.05, 4.69) is 21.9 Å². The molecule has 0 bridgehead atoms. The molecule has 0 aliphatic heterocycles. The molecule has 0 fully saturated rings. The number of aryl methyl sites for hydroxylation is 1. The smallest absolute Gasteiger partial charge is 0.332 e. The first-order valence-corrected chi connectivity index (χ1v) is 9.54. The Bertz CT molecular complexity index is 1090. The highest BCUT2D eigenvalue weighted by atomic mass is 16.5. The first-order valence-electron chi connectivity index (χ1n) is 9.54. The number of H-pyrrole nitrogens is 1. The van der Waals surface area contributed by atoms with Gasteiger partial charge in [0.2, 0.25) is 0 Å². The molecule has 154 valence electrons. The van der Waals surface area contributed by atoms with Gasteiger partial charge in [-0.1, -0.05) is 26.2 Å². The molecule has 1 aromatic carbocycles. The summed E-state index contributed by atoms with van der Waals surface area (Å²) in [5.41, 5.74) is 6.11. The molecule has 0 aliphatic rings. The molecule has 3 rings (SSSR count). The van der Waals surface area contributed by atoms with Crippen LogP contribution in [0.5, 0.6) is 11.5 Å². The molecule has 0 atom stereocenters. The lowest BCUT2D eigenvalue weighted by Crippen LogP contribution is -2.16. The number of nitrogens with two attached hydrogens (primary N) is 1. The molecule has 0 saturated heterocycles. The fraction of sp³-hybridized carbons (Fsp3) is 0.400. The van der Waals surface area contributed by atoms with Gasteiger partial charge in [0, 0.05) is 12.5 Å². The Morgan fingerprint density at radius 3 is 2.55 bits per heavy atom. The number of fused-ring (bicyclic) bond motifs is 1. The van der Waals surface area contributed by atoms with E-state index in [1.54, 1.807) is 18.2 Å². The Labute approximate surface area is 167 Å². The Morgan fingerprint density at radius 2 is 1.90 bits per heavy atom. The van der Waals surface area contributed by atoms with E-state index in [1.165, 1.54) is 18.8 Å².